The lowest BCUT2D eigenvalue weighted by Gasteiger charge is -2.08. The van der Waals surface area contributed by atoms with Crippen LogP contribution in [0, 0.1) is 11.3 Å². The topological polar surface area (TPSA) is 87.0 Å². The summed E-state index contributed by atoms with van der Waals surface area (Å²) in [4.78, 5) is 16.5. The van der Waals surface area contributed by atoms with E-state index in [0.717, 1.165) is 17.1 Å². The molecule has 3 aromatic rings. The minimum absolute atomic E-state index is 0.294. The number of carbonyl (C=O) groups excluding carboxylic acids is 1. The fourth-order valence-corrected chi connectivity index (χ4v) is 2.43. The molecule has 3 rings (SSSR count). The molecule has 0 saturated carbocycles. The van der Waals surface area contributed by atoms with Crippen LogP contribution in [0.5, 0.6) is 5.75 Å². The van der Waals surface area contributed by atoms with Crippen molar-refractivity contribution in [2.45, 2.75) is 6.92 Å². The molecule has 1 heterocycles. The van der Waals surface area contributed by atoms with Crippen LogP contribution >= 0.6 is 0 Å². The molecule has 1 amide bonds. The van der Waals surface area contributed by atoms with Crippen molar-refractivity contribution >= 4 is 23.0 Å². The molecule has 2 N–H and O–H groups in total. The summed E-state index contributed by atoms with van der Waals surface area (Å²) < 4.78 is 5.38. The molecule has 0 radical (unpaired) electrons. The first-order chi connectivity index (χ1) is 13.2. The SMILES string of the molecule is CCOc1ccc(NC(=O)c2ccc(Nc3cccc(C#N)c3)cn2)cc1. The monoisotopic (exact) mass is 358 g/mol. The van der Waals surface area contributed by atoms with Gasteiger partial charge in [0.1, 0.15) is 11.4 Å². The number of amides is 1. The number of benzene rings is 2. The largest absolute Gasteiger partial charge is 0.494 e. The Kier molecular flexibility index (Phi) is 5.65. The smallest absolute Gasteiger partial charge is 0.274 e. The number of nitrogens with one attached hydrogen (secondary N) is 2. The molecule has 0 aliphatic carbocycles. The lowest BCUT2D eigenvalue weighted by molar-refractivity contribution is 0.102. The van der Waals surface area contributed by atoms with Crippen LogP contribution in [0.2, 0.25) is 0 Å². The average Bonchev–Trinajstić information content (AvgIpc) is 2.70. The number of anilines is 3. The summed E-state index contributed by atoms with van der Waals surface area (Å²) in [6, 6.07) is 19.8. The maximum atomic E-state index is 12.3. The first kappa shape index (κ1) is 18.0. The van der Waals surface area contributed by atoms with Crippen molar-refractivity contribution in [1.29, 1.82) is 5.26 Å². The zero-order valence-electron chi connectivity index (χ0n) is 14.8. The number of nitriles is 1. The van der Waals surface area contributed by atoms with Gasteiger partial charge in [-0.25, -0.2) is 4.98 Å². The van der Waals surface area contributed by atoms with Crippen LogP contribution < -0.4 is 15.4 Å². The van der Waals surface area contributed by atoms with Gasteiger partial charge in [-0.1, -0.05) is 6.07 Å². The molecule has 0 atom stereocenters. The van der Waals surface area contributed by atoms with E-state index in [4.69, 9.17) is 10.00 Å². The van der Waals surface area contributed by atoms with Crippen LogP contribution in [0.3, 0.4) is 0 Å². The van der Waals surface area contributed by atoms with Crippen molar-refractivity contribution in [3.05, 3.63) is 78.1 Å². The highest BCUT2D eigenvalue weighted by Gasteiger charge is 2.08. The molecule has 0 aliphatic heterocycles. The number of aromatic nitrogens is 1. The molecule has 0 unspecified atom stereocenters. The van der Waals surface area contributed by atoms with Crippen molar-refractivity contribution in [3.8, 4) is 11.8 Å². The molecule has 0 fully saturated rings. The van der Waals surface area contributed by atoms with E-state index < -0.39 is 0 Å². The summed E-state index contributed by atoms with van der Waals surface area (Å²) in [6.07, 6.45) is 1.58. The highest BCUT2D eigenvalue weighted by atomic mass is 16.5. The number of nitrogens with zero attached hydrogens (tertiary/aromatic N) is 2. The van der Waals surface area contributed by atoms with E-state index in [9.17, 15) is 4.79 Å². The predicted molar refractivity (Wildman–Crippen MR) is 104 cm³/mol. The van der Waals surface area contributed by atoms with Crippen LogP contribution in [0.4, 0.5) is 17.1 Å². The second-order valence-electron chi connectivity index (χ2n) is 5.66. The molecular formula is C21H18N4O2. The third-order valence-electron chi connectivity index (χ3n) is 3.70. The summed E-state index contributed by atoms with van der Waals surface area (Å²) >= 11 is 0. The molecule has 0 spiro atoms. The van der Waals surface area contributed by atoms with Crippen molar-refractivity contribution in [2.75, 3.05) is 17.2 Å². The van der Waals surface area contributed by atoms with Crippen LogP contribution in [0.15, 0.2) is 66.9 Å². The van der Waals surface area contributed by atoms with Crippen LogP contribution in [-0.4, -0.2) is 17.5 Å². The van der Waals surface area contributed by atoms with E-state index in [2.05, 4.69) is 21.7 Å². The maximum absolute atomic E-state index is 12.3. The number of hydrogen-bond acceptors (Lipinski definition) is 5. The first-order valence-corrected chi connectivity index (χ1v) is 8.45. The van der Waals surface area contributed by atoms with E-state index >= 15 is 0 Å². The van der Waals surface area contributed by atoms with E-state index in [1.807, 2.05) is 13.0 Å². The standard InChI is InChI=1S/C21H18N4O2/c1-2-27-19-9-6-16(7-10-19)25-21(26)20-11-8-18(14-23-20)24-17-5-3-4-15(12-17)13-22/h3-12,14,24H,2H2,1H3,(H,25,26). The van der Waals surface area contributed by atoms with Gasteiger partial charge < -0.3 is 15.4 Å². The molecular weight excluding hydrogens is 340 g/mol. The van der Waals surface area contributed by atoms with Crippen molar-refractivity contribution in [1.82, 2.24) is 4.98 Å². The summed E-state index contributed by atoms with van der Waals surface area (Å²) in [5, 5.41) is 14.9. The highest BCUT2D eigenvalue weighted by Crippen LogP contribution is 2.18. The Morgan fingerprint density at radius 2 is 1.85 bits per heavy atom. The van der Waals surface area contributed by atoms with E-state index in [0.29, 0.717) is 23.6 Å². The Hall–Kier alpha value is -3.85. The number of carbonyl (C=O) groups is 1. The van der Waals surface area contributed by atoms with Gasteiger partial charge in [0, 0.05) is 11.4 Å². The lowest BCUT2D eigenvalue weighted by atomic mass is 10.2. The van der Waals surface area contributed by atoms with Gasteiger partial charge in [-0.3, -0.25) is 4.79 Å². The molecule has 1 aromatic heterocycles. The molecule has 6 nitrogen and oxygen atoms in total. The van der Waals surface area contributed by atoms with Crippen LogP contribution in [-0.2, 0) is 0 Å². The number of ether oxygens (including phenoxy) is 1. The lowest BCUT2D eigenvalue weighted by Crippen LogP contribution is -2.13. The van der Waals surface area contributed by atoms with Crippen LogP contribution in [0.25, 0.3) is 0 Å². The summed E-state index contributed by atoms with van der Waals surface area (Å²) in [5.41, 5.74) is 3.05. The van der Waals surface area contributed by atoms with Gasteiger partial charge in [-0.05, 0) is 61.5 Å². The molecule has 6 heteroatoms. The van der Waals surface area contributed by atoms with Crippen molar-refractivity contribution < 1.29 is 9.53 Å². The normalized spacial score (nSPS) is 9.93. The van der Waals surface area contributed by atoms with Gasteiger partial charge >= 0.3 is 0 Å². The number of pyridine rings is 1. The van der Waals surface area contributed by atoms with Crippen molar-refractivity contribution in [2.24, 2.45) is 0 Å². The number of rotatable bonds is 6. The Labute approximate surface area is 157 Å². The van der Waals surface area contributed by atoms with Crippen LogP contribution in [0.1, 0.15) is 23.0 Å². The Bertz CT molecular complexity index is 961. The van der Waals surface area contributed by atoms with Crippen molar-refractivity contribution in [3.63, 3.8) is 0 Å². The molecule has 134 valence electrons. The zero-order chi connectivity index (χ0) is 19.1. The summed E-state index contributed by atoms with van der Waals surface area (Å²) in [5.74, 6) is 0.460. The average molecular weight is 358 g/mol. The molecule has 0 aliphatic rings. The second kappa shape index (κ2) is 8.50. The van der Waals surface area contributed by atoms with Gasteiger partial charge in [-0.15, -0.1) is 0 Å². The third kappa shape index (κ3) is 4.83. The Morgan fingerprint density at radius 1 is 1.07 bits per heavy atom. The van der Waals surface area contributed by atoms with E-state index in [1.165, 1.54) is 0 Å². The zero-order valence-corrected chi connectivity index (χ0v) is 14.8. The minimum atomic E-state index is -0.294. The Balaban J connectivity index is 1.63. The fraction of sp³-hybridized carbons (Fsp3) is 0.0952. The van der Waals surface area contributed by atoms with Gasteiger partial charge in [-0.2, -0.15) is 5.26 Å². The van der Waals surface area contributed by atoms with Gasteiger partial charge in [0.25, 0.3) is 5.91 Å². The Morgan fingerprint density at radius 3 is 2.52 bits per heavy atom. The molecule has 2 aromatic carbocycles. The van der Waals surface area contributed by atoms with E-state index in [-0.39, 0.29) is 5.91 Å². The second-order valence-corrected chi connectivity index (χ2v) is 5.66. The predicted octanol–water partition coefficient (Wildman–Crippen LogP) is 4.35. The van der Waals surface area contributed by atoms with Gasteiger partial charge in [0.2, 0.25) is 0 Å². The van der Waals surface area contributed by atoms with Gasteiger partial charge in [0.05, 0.1) is 30.1 Å². The van der Waals surface area contributed by atoms with Gasteiger partial charge in [0.15, 0.2) is 0 Å². The summed E-state index contributed by atoms with van der Waals surface area (Å²) in [6.45, 7) is 2.51. The third-order valence-corrected chi connectivity index (χ3v) is 3.70. The first-order valence-electron chi connectivity index (χ1n) is 8.45. The molecule has 0 bridgehead atoms. The molecule has 0 saturated heterocycles. The maximum Gasteiger partial charge on any atom is 0.274 e. The number of hydrogen-bond donors (Lipinski definition) is 2. The van der Waals surface area contributed by atoms with E-state index in [1.54, 1.807) is 60.8 Å². The molecule has 27 heavy (non-hydrogen) atoms. The summed E-state index contributed by atoms with van der Waals surface area (Å²) in [7, 11) is 0. The minimum Gasteiger partial charge on any atom is -0.494 e. The quantitative estimate of drug-likeness (QED) is 0.684. The fourth-order valence-electron chi connectivity index (χ4n) is 2.43. The highest BCUT2D eigenvalue weighted by molar-refractivity contribution is 6.03.